The molecule has 15 heteroatoms. The molecule has 0 spiro atoms. The molecule has 0 saturated heterocycles. The maximum Gasteiger partial charge on any atom is 2.00 e. The zero-order valence-electron chi connectivity index (χ0n) is 13.3. The second-order valence-electron chi connectivity index (χ2n) is 3.82. The van der Waals surface area contributed by atoms with Crippen LogP contribution in [0.3, 0.4) is 0 Å². The molecule has 0 atom stereocenters. The van der Waals surface area contributed by atoms with Gasteiger partial charge in [0, 0.05) is 26.2 Å². The zero-order valence-corrected chi connectivity index (χ0v) is 15.7. The van der Waals surface area contributed by atoms with Crippen LogP contribution in [0.1, 0.15) is 6.42 Å². The Morgan fingerprint density at radius 2 is 0.792 bits per heavy atom. The first-order chi connectivity index (χ1) is 10.4. The molecule has 153 valence electrons. The minimum atomic E-state index is -4.94. The molecular weight excluding hydrogens is 427 g/mol. The summed E-state index contributed by atoms with van der Waals surface area (Å²) in [5.41, 5.74) is 0. The second-order valence-corrected chi connectivity index (χ2v) is 5.33. The molecule has 12 nitrogen and oxygen atoms in total. The summed E-state index contributed by atoms with van der Waals surface area (Å²) in [6.07, 6.45) is 1.20. The number of halogens is 2. The Labute approximate surface area is 156 Å². The number of hydrogen-bond donors (Lipinski definition) is 4. The van der Waals surface area contributed by atoms with Crippen LogP contribution in [-0.4, -0.2) is 53.4 Å². The fraction of sp³-hybridized carbons (Fsp3) is 1.00. The zero-order chi connectivity index (χ0) is 18.8. The van der Waals surface area contributed by atoms with Gasteiger partial charge in [-0.05, 0) is 33.6 Å². The van der Waals surface area contributed by atoms with Gasteiger partial charge in [-0.3, -0.25) is 0 Å². The predicted molar refractivity (Wildman–Crippen MR) is 58.2 cm³/mol. The molecule has 0 bridgehead atoms. The van der Waals surface area contributed by atoms with Crippen molar-refractivity contribution in [2.75, 3.05) is 53.4 Å². The van der Waals surface area contributed by atoms with Gasteiger partial charge in [0.25, 0.3) is 0 Å². The third-order valence-electron chi connectivity index (χ3n) is 1.81. The minimum Gasteiger partial charge on any atom is -0.318 e. The Kier molecular flexibility index (Phi) is 29.2. The third kappa shape index (κ3) is 93.7. The van der Waals surface area contributed by atoms with E-state index in [1.807, 2.05) is 14.1 Å². The standard InChI is InChI=1S/C9H24N4.2ClHO4.Cu/c1-10-6-8-12-4-3-5-13-9-7-11-2;2*2-1(3,4)5;/h10-13H,3-9H2,1-2H3;2*(H,2,3,4,5);/q;;;+2/p-2. The van der Waals surface area contributed by atoms with Gasteiger partial charge < -0.3 is 21.3 Å². The summed E-state index contributed by atoms with van der Waals surface area (Å²) in [6, 6.07) is 0. The van der Waals surface area contributed by atoms with Crippen molar-refractivity contribution in [1.29, 1.82) is 0 Å². The van der Waals surface area contributed by atoms with Gasteiger partial charge in [-0.15, -0.1) is 20.5 Å². The van der Waals surface area contributed by atoms with Crippen LogP contribution < -0.4 is 58.5 Å². The van der Waals surface area contributed by atoms with Gasteiger partial charge in [-0.1, -0.05) is 0 Å². The molecule has 0 rings (SSSR count). The second kappa shape index (κ2) is 21.7. The maximum absolute atomic E-state index is 8.49. The molecule has 0 unspecified atom stereocenters. The van der Waals surface area contributed by atoms with Crippen LogP contribution in [-0.2, 0) is 17.1 Å². The Balaban J connectivity index is -0.000000151. The molecule has 24 heavy (non-hydrogen) atoms. The van der Waals surface area contributed by atoms with Gasteiger partial charge in [-0.2, -0.15) is 0 Å². The Morgan fingerprint density at radius 1 is 0.542 bits per heavy atom. The van der Waals surface area contributed by atoms with E-state index in [-0.39, 0.29) is 17.1 Å². The summed E-state index contributed by atoms with van der Waals surface area (Å²) in [5, 5.41) is 12.9. The van der Waals surface area contributed by atoms with Crippen LogP contribution in [0.2, 0.25) is 0 Å². The topological polar surface area (TPSA) is 233 Å². The largest absolute Gasteiger partial charge is 2.00 e. The average molecular weight is 451 g/mol. The Morgan fingerprint density at radius 3 is 1.00 bits per heavy atom. The fourth-order valence-electron chi connectivity index (χ4n) is 1.02. The smallest absolute Gasteiger partial charge is 0.318 e. The van der Waals surface area contributed by atoms with Crippen molar-refractivity contribution in [2.45, 2.75) is 6.42 Å². The quantitative estimate of drug-likeness (QED) is 0.179. The molecule has 0 aliphatic heterocycles. The van der Waals surface area contributed by atoms with Gasteiger partial charge in [0.2, 0.25) is 0 Å². The summed E-state index contributed by atoms with van der Waals surface area (Å²) in [5.74, 6) is 0. The molecule has 0 fully saturated rings. The van der Waals surface area contributed by atoms with Crippen LogP contribution in [0.15, 0.2) is 0 Å². The first-order valence-electron chi connectivity index (χ1n) is 6.36. The predicted octanol–water partition coefficient (Wildman–Crippen LogP) is -10.5. The molecular formula is C9H24Cl2CuN4O8. The van der Waals surface area contributed by atoms with Crippen molar-refractivity contribution in [2.24, 2.45) is 0 Å². The monoisotopic (exact) mass is 449 g/mol. The van der Waals surface area contributed by atoms with Crippen LogP contribution in [0, 0.1) is 20.5 Å². The maximum atomic E-state index is 8.49. The number of hydrogen-bond acceptors (Lipinski definition) is 12. The Bertz CT molecular complexity index is 203. The van der Waals surface area contributed by atoms with Crippen molar-refractivity contribution in [3.63, 3.8) is 0 Å². The normalized spacial score (nSPS) is 10.8. The van der Waals surface area contributed by atoms with Crippen LogP contribution in [0.5, 0.6) is 0 Å². The van der Waals surface area contributed by atoms with Gasteiger partial charge in [-0.25, -0.2) is 37.3 Å². The summed E-state index contributed by atoms with van der Waals surface area (Å²) in [6.45, 7) is 6.43. The third-order valence-corrected chi connectivity index (χ3v) is 1.81. The van der Waals surface area contributed by atoms with Crippen molar-refractivity contribution in [1.82, 2.24) is 21.3 Å². The van der Waals surface area contributed by atoms with Crippen molar-refractivity contribution < 1.29 is 74.8 Å². The molecule has 0 saturated carbocycles. The van der Waals surface area contributed by atoms with Gasteiger partial charge in [0.15, 0.2) is 0 Å². The van der Waals surface area contributed by atoms with Gasteiger partial charge >= 0.3 is 17.1 Å². The minimum absolute atomic E-state index is 0. The number of rotatable bonds is 10. The van der Waals surface area contributed by atoms with Crippen LogP contribution >= 0.6 is 0 Å². The van der Waals surface area contributed by atoms with E-state index in [1.165, 1.54) is 6.42 Å². The van der Waals surface area contributed by atoms with E-state index in [9.17, 15) is 0 Å². The SMILES string of the molecule is CNCCNCCCNCCNC.[Cu+2].[O-][Cl+3]([O-])([O-])[O-].[O-][Cl+3]([O-])([O-])[O-]. The van der Waals surface area contributed by atoms with Crippen molar-refractivity contribution in [3.8, 4) is 0 Å². The van der Waals surface area contributed by atoms with E-state index in [1.54, 1.807) is 0 Å². The molecule has 0 aliphatic rings. The van der Waals surface area contributed by atoms with E-state index in [0.717, 1.165) is 39.3 Å². The first-order valence-corrected chi connectivity index (χ1v) is 8.82. The molecule has 0 amide bonds. The Hall–Kier alpha value is 0.619. The molecule has 0 aromatic rings. The van der Waals surface area contributed by atoms with Crippen LogP contribution in [0.4, 0.5) is 0 Å². The summed E-state index contributed by atoms with van der Waals surface area (Å²) in [7, 11) is -5.94. The molecule has 4 N–H and O–H groups in total. The summed E-state index contributed by atoms with van der Waals surface area (Å²) < 4.78 is 67.9. The van der Waals surface area contributed by atoms with Gasteiger partial charge in [0.1, 0.15) is 0 Å². The summed E-state index contributed by atoms with van der Waals surface area (Å²) >= 11 is 0. The van der Waals surface area contributed by atoms with E-state index in [0.29, 0.717) is 0 Å². The number of nitrogens with one attached hydrogen (secondary N) is 4. The first kappa shape index (κ1) is 32.3. The van der Waals surface area contributed by atoms with E-state index >= 15 is 0 Å². The van der Waals surface area contributed by atoms with Crippen molar-refractivity contribution in [3.05, 3.63) is 0 Å². The van der Waals surface area contributed by atoms with E-state index in [2.05, 4.69) is 21.3 Å². The van der Waals surface area contributed by atoms with Gasteiger partial charge in [0.05, 0.1) is 0 Å². The number of likely N-dealkylation sites (N-methyl/N-ethyl adjacent to an activating group) is 2. The average Bonchev–Trinajstić information content (AvgIpc) is 2.33. The van der Waals surface area contributed by atoms with Crippen LogP contribution in [0.25, 0.3) is 0 Å². The molecule has 1 radical (unpaired) electrons. The van der Waals surface area contributed by atoms with E-state index < -0.39 is 20.5 Å². The molecule has 0 heterocycles. The van der Waals surface area contributed by atoms with Crippen molar-refractivity contribution >= 4 is 0 Å². The van der Waals surface area contributed by atoms with E-state index in [4.69, 9.17) is 37.3 Å². The fourth-order valence-corrected chi connectivity index (χ4v) is 1.02. The molecule has 0 aliphatic carbocycles. The summed E-state index contributed by atoms with van der Waals surface area (Å²) in [4.78, 5) is 0. The molecule has 0 aromatic carbocycles. The molecule has 0 aromatic heterocycles.